The van der Waals surface area contributed by atoms with Crippen LogP contribution < -0.4 is 0 Å². The standard InChI is InChI=1S/C21H27N3O/c1-23(21(25)13-12-19-10-5-6-14-22-19)20-11-7-15-24(17-20)16-18-8-3-2-4-9-18/h2-6,8-10,14,20H,7,11-13,15-17H2,1H3. The van der Waals surface area contributed by atoms with Crippen LogP contribution in [0.15, 0.2) is 54.7 Å². The second-order valence-corrected chi connectivity index (χ2v) is 6.84. The highest BCUT2D eigenvalue weighted by atomic mass is 16.2. The molecule has 1 fully saturated rings. The smallest absolute Gasteiger partial charge is 0.222 e. The largest absolute Gasteiger partial charge is 0.341 e. The number of carbonyl (C=O) groups is 1. The van der Waals surface area contributed by atoms with Crippen molar-refractivity contribution in [3.05, 3.63) is 66.0 Å². The molecular formula is C21H27N3O. The summed E-state index contributed by atoms with van der Waals surface area (Å²) in [4.78, 5) is 21.3. The molecule has 1 aromatic heterocycles. The number of aromatic nitrogens is 1. The van der Waals surface area contributed by atoms with E-state index in [4.69, 9.17) is 0 Å². The number of hydrogen-bond donors (Lipinski definition) is 0. The van der Waals surface area contributed by atoms with E-state index < -0.39 is 0 Å². The van der Waals surface area contributed by atoms with Crippen LogP contribution in [0.25, 0.3) is 0 Å². The molecule has 4 heteroatoms. The van der Waals surface area contributed by atoms with Crippen molar-refractivity contribution in [1.82, 2.24) is 14.8 Å². The molecule has 0 saturated carbocycles. The molecule has 2 heterocycles. The van der Waals surface area contributed by atoms with Gasteiger partial charge in [0.25, 0.3) is 0 Å². The van der Waals surface area contributed by atoms with Crippen molar-refractivity contribution in [2.45, 2.75) is 38.3 Å². The number of hydrogen-bond acceptors (Lipinski definition) is 3. The number of likely N-dealkylation sites (N-methyl/N-ethyl adjacent to an activating group) is 1. The maximum absolute atomic E-state index is 12.6. The first kappa shape index (κ1) is 17.6. The van der Waals surface area contributed by atoms with Gasteiger partial charge < -0.3 is 4.90 Å². The molecule has 1 amide bonds. The number of amides is 1. The lowest BCUT2D eigenvalue weighted by molar-refractivity contribution is -0.133. The van der Waals surface area contributed by atoms with Gasteiger partial charge in [-0.1, -0.05) is 36.4 Å². The minimum absolute atomic E-state index is 0.220. The topological polar surface area (TPSA) is 36.4 Å². The molecule has 3 rings (SSSR count). The molecule has 1 unspecified atom stereocenters. The molecule has 1 aliphatic heterocycles. The van der Waals surface area contributed by atoms with Crippen LogP contribution in [0.4, 0.5) is 0 Å². The second-order valence-electron chi connectivity index (χ2n) is 6.84. The van der Waals surface area contributed by atoms with E-state index >= 15 is 0 Å². The fourth-order valence-corrected chi connectivity index (χ4v) is 3.49. The molecule has 0 spiro atoms. The maximum Gasteiger partial charge on any atom is 0.222 e. The third kappa shape index (κ3) is 5.13. The molecule has 1 aliphatic rings. The summed E-state index contributed by atoms with van der Waals surface area (Å²) in [6, 6.07) is 16.7. The average molecular weight is 337 g/mol. The van der Waals surface area contributed by atoms with Crippen LogP contribution in [-0.2, 0) is 17.8 Å². The van der Waals surface area contributed by atoms with E-state index in [1.165, 1.54) is 5.56 Å². The number of likely N-dealkylation sites (tertiary alicyclic amines) is 1. The summed E-state index contributed by atoms with van der Waals surface area (Å²) in [5, 5.41) is 0. The van der Waals surface area contributed by atoms with E-state index in [9.17, 15) is 4.79 Å². The number of piperidine rings is 1. The first-order valence-corrected chi connectivity index (χ1v) is 9.14. The Bertz CT molecular complexity index is 659. The molecule has 0 N–H and O–H groups in total. The van der Waals surface area contributed by atoms with Gasteiger partial charge in [0.15, 0.2) is 0 Å². The van der Waals surface area contributed by atoms with E-state index in [1.54, 1.807) is 6.20 Å². The summed E-state index contributed by atoms with van der Waals surface area (Å²) < 4.78 is 0. The van der Waals surface area contributed by atoms with Gasteiger partial charge in [-0.3, -0.25) is 14.7 Å². The molecule has 0 radical (unpaired) electrons. The van der Waals surface area contributed by atoms with Crippen molar-refractivity contribution in [2.75, 3.05) is 20.1 Å². The average Bonchev–Trinajstić information content (AvgIpc) is 2.67. The third-order valence-corrected chi connectivity index (χ3v) is 4.99. The molecule has 2 aromatic rings. The predicted molar refractivity (Wildman–Crippen MR) is 100 cm³/mol. The zero-order valence-corrected chi connectivity index (χ0v) is 15.0. The number of aryl methyl sites for hydroxylation is 1. The quantitative estimate of drug-likeness (QED) is 0.812. The predicted octanol–water partition coefficient (Wildman–Crippen LogP) is 3.14. The van der Waals surface area contributed by atoms with Crippen molar-refractivity contribution >= 4 is 5.91 Å². The van der Waals surface area contributed by atoms with Gasteiger partial charge in [0, 0.05) is 44.5 Å². The zero-order chi connectivity index (χ0) is 17.5. The summed E-state index contributed by atoms with van der Waals surface area (Å²) in [7, 11) is 1.96. The van der Waals surface area contributed by atoms with Crippen LogP contribution in [0.3, 0.4) is 0 Å². The maximum atomic E-state index is 12.6. The minimum atomic E-state index is 0.220. The van der Waals surface area contributed by atoms with Crippen molar-refractivity contribution in [2.24, 2.45) is 0 Å². The van der Waals surface area contributed by atoms with Crippen LogP contribution in [-0.4, -0.2) is 46.9 Å². The Morgan fingerprint density at radius 3 is 2.76 bits per heavy atom. The summed E-state index contributed by atoms with van der Waals surface area (Å²) >= 11 is 0. The van der Waals surface area contributed by atoms with Crippen LogP contribution in [0, 0.1) is 0 Å². The van der Waals surface area contributed by atoms with Gasteiger partial charge >= 0.3 is 0 Å². The normalized spacial score (nSPS) is 18.0. The van der Waals surface area contributed by atoms with Crippen LogP contribution >= 0.6 is 0 Å². The van der Waals surface area contributed by atoms with Crippen molar-refractivity contribution in [3.63, 3.8) is 0 Å². The van der Waals surface area contributed by atoms with Crippen LogP contribution in [0.1, 0.15) is 30.5 Å². The lowest BCUT2D eigenvalue weighted by Crippen LogP contribution is -2.48. The SMILES string of the molecule is CN(C(=O)CCc1ccccn1)C1CCCN(Cc2ccccc2)C1. The monoisotopic (exact) mass is 337 g/mol. The Hall–Kier alpha value is -2.20. The molecule has 1 saturated heterocycles. The minimum Gasteiger partial charge on any atom is -0.341 e. The number of rotatable bonds is 6. The number of pyridine rings is 1. The Morgan fingerprint density at radius 2 is 2.00 bits per heavy atom. The first-order chi connectivity index (χ1) is 12.2. The molecule has 0 aliphatic carbocycles. The summed E-state index contributed by atoms with van der Waals surface area (Å²) in [6.45, 7) is 3.04. The lowest BCUT2D eigenvalue weighted by atomic mass is 10.0. The molecule has 132 valence electrons. The number of nitrogens with zero attached hydrogens (tertiary/aromatic N) is 3. The van der Waals surface area contributed by atoms with Gasteiger partial charge in [-0.25, -0.2) is 0 Å². The van der Waals surface area contributed by atoms with E-state index in [2.05, 4.69) is 40.2 Å². The highest BCUT2D eigenvalue weighted by molar-refractivity contribution is 5.76. The van der Waals surface area contributed by atoms with Crippen LogP contribution in [0.2, 0.25) is 0 Å². The van der Waals surface area contributed by atoms with Gasteiger partial charge in [-0.15, -0.1) is 0 Å². The Balaban J connectivity index is 1.50. The number of carbonyl (C=O) groups excluding carboxylic acids is 1. The molecule has 4 nitrogen and oxygen atoms in total. The van der Waals surface area contributed by atoms with Gasteiger partial charge in [0.1, 0.15) is 0 Å². The van der Waals surface area contributed by atoms with Crippen LogP contribution in [0.5, 0.6) is 0 Å². The molecule has 1 atom stereocenters. The molecule has 25 heavy (non-hydrogen) atoms. The van der Waals surface area contributed by atoms with Crippen molar-refractivity contribution in [1.29, 1.82) is 0 Å². The second kappa shape index (κ2) is 8.77. The van der Waals surface area contributed by atoms with Crippen molar-refractivity contribution in [3.8, 4) is 0 Å². The molecule has 1 aromatic carbocycles. The Morgan fingerprint density at radius 1 is 1.20 bits per heavy atom. The zero-order valence-electron chi connectivity index (χ0n) is 15.0. The van der Waals surface area contributed by atoms with Gasteiger partial charge in [0.2, 0.25) is 5.91 Å². The van der Waals surface area contributed by atoms with Gasteiger partial charge in [0.05, 0.1) is 0 Å². The Labute approximate surface area is 150 Å². The summed E-state index contributed by atoms with van der Waals surface area (Å²) in [5.41, 5.74) is 2.32. The lowest BCUT2D eigenvalue weighted by Gasteiger charge is -2.37. The van der Waals surface area contributed by atoms with E-state index in [0.29, 0.717) is 18.9 Å². The van der Waals surface area contributed by atoms with E-state index in [-0.39, 0.29) is 5.91 Å². The highest BCUT2D eigenvalue weighted by Crippen LogP contribution is 2.18. The summed E-state index contributed by atoms with van der Waals surface area (Å²) in [6.07, 6.45) is 5.27. The highest BCUT2D eigenvalue weighted by Gasteiger charge is 2.25. The van der Waals surface area contributed by atoms with Gasteiger partial charge in [-0.2, -0.15) is 0 Å². The fraction of sp³-hybridized carbons (Fsp3) is 0.429. The number of benzene rings is 1. The fourth-order valence-electron chi connectivity index (χ4n) is 3.49. The van der Waals surface area contributed by atoms with E-state index in [1.807, 2.05) is 30.1 Å². The molecular weight excluding hydrogens is 310 g/mol. The Kier molecular flexibility index (Phi) is 6.18. The molecule has 0 bridgehead atoms. The van der Waals surface area contributed by atoms with Crippen molar-refractivity contribution < 1.29 is 4.79 Å². The van der Waals surface area contributed by atoms with E-state index in [0.717, 1.165) is 38.2 Å². The third-order valence-electron chi connectivity index (χ3n) is 4.99. The summed E-state index contributed by atoms with van der Waals surface area (Å²) in [5.74, 6) is 0.220. The van der Waals surface area contributed by atoms with Gasteiger partial charge in [-0.05, 0) is 43.5 Å². The first-order valence-electron chi connectivity index (χ1n) is 9.14.